The topological polar surface area (TPSA) is 245 Å². The van der Waals surface area contributed by atoms with E-state index in [0.29, 0.717) is 5.56 Å². The third-order valence-corrected chi connectivity index (χ3v) is 8.78. The van der Waals surface area contributed by atoms with E-state index in [4.69, 9.17) is 37.9 Å². The van der Waals surface area contributed by atoms with Crippen LogP contribution in [0.4, 0.5) is 0 Å². The molecular weight excluding hydrogens is 754 g/mol. The molecular formula is C37H43N5O15. The van der Waals surface area contributed by atoms with Crippen molar-refractivity contribution in [3.63, 3.8) is 0 Å². The van der Waals surface area contributed by atoms with Gasteiger partial charge in [0.05, 0.1) is 43.0 Å². The van der Waals surface area contributed by atoms with Crippen LogP contribution in [0.3, 0.4) is 0 Å². The lowest BCUT2D eigenvalue weighted by Crippen LogP contribution is -2.60. The Hall–Kier alpha value is -6.31. The van der Waals surface area contributed by atoms with E-state index < -0.39 is 78.6 Å². The summed E-state index contributed by atoms with van der Waals surface area (Å²) in [5.74, 6) is -4.65. The lowest BCUT2D eigenvalue weighted by molar-refractivity contribution is -0.270. The number of fused-ring (bicyclic) bond motifs is 1. The largest absolute Gasteiger partial charge is 0.504 e. The number of phenolic OH excluding ortho intramolecular Hbond substituents is 1. The van der Waals surface area contributed by atoms with E-state index in [-0.39, 0.29) is 65.6 Å². The number of nitrogens with zero attached hydrogens (tertiary/aromatic N) is 5. The van der Waals surface area contributed by atoms with Crippen LogP contribution in [-0.2, 0) is 58.9 Å². The Bertz CT molecular complexity index is 2140. The first kappa shape index (κ1) is 41.8. The van der Waals surface area contributed by atoms with Gasteiger partial charge in [-0.05, 0) is 45.4 Å². The minimum absolute atomic E-state index is 0.0233. The Balaban J connectivity index is 1.58. The number of aryl methyl sites for hydroxylation is 1. The van der Waals surface area contributed by atoms with Crippen molar-refractivity contribution in [1.29, 1.82) is 0 Å². The molecule has 0 spiro atoms. The van der Waals surface area contributed by atoms with Crippen LogP contribution in [0.2, 0.25) is 0 Å². The maximum atomic E-state index is 14.5. The van der Waals surface area contributed by atoms with Crippen LogP contribution in [0.15, 0.2) is 40.5 Å². The zero-order valence-electron chi connectivity index (χ0n) is 32.5. The predicted octanol–water partition coefficient (Wildman–Crippen LogP) is 1.91. The fourth-order valence-electron chi connectivity index (χ4n) is 6.60. The van der Waals surface area contributed by atoms with E-state index in [1.807, 2.05) is 0 Å². The van der Waals surface area contributed by atoms with Crippen molar-refractivity contribution in [3.8, 4) is 17.4 Å². The Morgan fingerprint density at radius 1 is 0.877 bits per heavy atom. The third-order valence-electron chi connectivity index (χ3n) is 8.78. The van der Waals surface area contributed by atoms with Gasteiger partial charge in [0.15, 0.2) is 36.0 Å². The Morgan fingerprint density at radius 2 is 1.54 bits per heavy atom. The molecule has 20 heteroatoms. The van der Waals surface area contributed by atoms with Crippen molar-refractivity contribution in [2.75, 3.05) is 19.8 Å². The molecule has 4 heterocycles. The van der Waals surface area contributed by atoms with Crippen molar-refractivity contribution < 1.29 is 67.0 Å². The van der Waals surface area contributed by atoms with Crippen LogP contribution in [0.25, 0.3) is 0 Å². The normalized spacial score (nSPS) is 21.4. The molecule has 0 amide bonds. The van der Waals surface area contributed by atoms with E-state index in [9.17, 15) is 33.9 Å². The monoisotopic (exact) mass is 797 g/mol. The molecule has 1 saturated heterocycles. The average molecular weight is 798 g/mol. The Morgan fingerprint density at radius 3 is 2.16 bits per heavy atom. The second-order valence-corrected chi connectivity index (χ2v) is 12.9. The molecule has 0 bridgehead atoms. The molecule has 3 aromatic rings. The summed E-state index contributed by atoms with van der Waals surface area (Å²) >= 11 is 0. The highest BCUT2D eigenvalue weighted by Gasteiger charge is 2.53. The van der Waals surface area contributed by atoms with Gasteiger partial charge in [-0.2, -0.15) is 4.98 Å². The first-order valence-corrected chi connectivity index (χ1v) is 17.9. The standard InChI is InChI=1S/C37H43N5O15/c1-9-50-26-12-11-23(13-25(26)47)29-28(37(49)51-10-2)17(3)53-34-30(29)35(48)41(18(4)38-34)14-24-15-42(40-39-24)36-33(56-22(8)46)32(55-21(7)45)31(54-20(6)44)27(57-36)16-52-19(5)43/h11-13,15,27,29,31-33,36,47H,9-10,14,16H2,1-8H3/t27-,29?,31-,32+,33-,36-/m1/s1. The number of allylic oxidation sites excluding steroid dienone is 1. The first-order chi connectivity index (χ1) is 27.0. The van der Waals surface area contributed by atoms with E-state index in [2.05, 4.69) is 15.3 Å². The van der Waals surface area contributed by atoms with Crippen molar-refractivity contribution >= 4 is 29.8 Å². The zero-order chi connectivity index (χ0) is 41.7. The SMILES string of the molecule is CCOC(=O)C1=C(C)Oc2nc(C)n(Cc3cn([C@@H]4O[C@H](COC(C)=O)[C@@H](OC(C)=O)[C@H](OC(C)=O)[C@H]4OC(C)=O)nn3)c(=O)c2C1c1ccc(OCC)c(O)c1. The van der Waals surface area contributed by atoms with Crippen LogP contribution in [0.5, 0.6) is 17.4 Å². The van der Waals surface area contributed by atoms with Gasteiger partial charge in [-0.15, -0.1) is 5.10 Å². The number of aromatic nitrogens is 5. The molecule has 6 atom stereocenters. The Labute approximate surface area is 325 Å². The fraction of sp³-hybridized carbons (Fsp3) is 0.486. The molecule has 1 aromatic carbocycles. The van der Waals surface area contributed by atoms with Crippen LogP contribution in [0, 0.1) is 6.92 Å². The van der Waals surface area contributed by atoms with Gasteiger partial charge in [-0.25, -0.2) is 9.48 Å². The van der Waals surface area contributed by atoms with Crippen molar-refractivity contribution in [3.05, 3.63) is 68.7 Å². The van der Waals surface area contributed by atoms with Crippen molar-refractivity contribution in [2.24, 2.45) is 0 Å². The van der Waals surface area contributed by atoms with Gasteiger partial charge in [0.25, 0.3) is 5.56 Å². The smallest absolute Gasteiger partial charge is 0.338 e. The number of ether oxygens (including phenoxy) is 8. The number of rotatable bonds is 13. The zero-order valence-corrected chi connectivity index (χ0v) is 32.5. The second-order valence-electron chi connectivity index (χ2n) is 12.9. The third kappa shape index (κ3) is 9.22. The summed E-state index contributed by atoms with van der Waals surface area (Å²) in [7, 11) is 0. The highest BCUT2D eigenvalue weighted by atomic mass is 16.7. The molecule has 2 aliphatic rings. The quantitative estimate of drug-likeness (QED) is 0.192. The second kappa shape index (κ2) is 17.7. The van der Waals surface area contributed by atoms with Gasteiger partial charge in [0.2, 0.25) is 5.88 Å². The lowest BCUT2D eigenvalue weighted by atomic mass is 9.83. The Kier molecular flexibility index (Phi) is 13.0. The molecule has 1 fully saturated rings. The van der Waals surface area contributed by atoms with Gasteiger partial charge in [0, 0.05) is 27.7 Å². The van der Waals surface area contributed by atoms with Gasteiger partial charge in [0.1, 0.15) is 30.0 Å². The van der Waals surface area contributed by atoms with Crippen LogP contribution in [0.1, 0.15) is 83.3 Å². The van der Waals surface area contributed by atoms with Gasteiger partial charge in [-0.3, -0.25) is 28.5 Å². The number of hydrogen-bond donors (Lipinski definition) is 1. The molecule has 57 heavy (non-hydrogen) atoms. The predicted molar refractivity (Wildman–Crippen MR) is 191 cm³/mol. The molecule has 5 rings (SSSR count). The molecule has 1 unspecified atom stereocenters. The molecule has 0 saturated carbocycles. The molecule has 20 nitrogen and oxygen atoms in total. The van der Waals surface area contributed by atoms with E-state index >= 15 is 0 Å². The minimum Gasteiger partial charge on any atom is -0.504 e. The van der Waals surface area contributed by atoms with Crippen molar-refractivity contribution in [1.82, 2.24) is 24.5 Å². The van der Waals surface area contributed by atoms with Gasteiger partial charge in [-0.1, -0.05) is 11.3 Å². The van der Waals surface area contributed by atoms with Gasteiger partial charge >= 0.3 is 29.8 Å². The number of benzene rings is 1. The van der Waals surface area contributed by atoms with Crippen LogP contribution >= 0.6 is 0 Å². The number of aromatic hydroxyl groups is 1. The van der Waals surface area contributed by atoms with E-state index in [1.165, 1.54) is 22.9 Å². The highest BCUT2D eigenvalue weighted by molar-refractivity contribution is 5.92. The number of carbonyl (C=O) groups excluding carboxylic acids is 5. The molecule has 1 N–H and O–H groups in total. The molecule has 0 radical (unpaired) electrons. The number of carbonyl (C=O) groups is 5. The summed E-state index contributed by atoms with van der Waals surface area (Å²) in [6, 6.07) is 4.52. The number of esters is 5. The van der Waals surface area contributed by atoms with Crippen molar-refractivity contribution in [2.45, 2.75) is 98.5 Å². The minimum atomic E-state index is -1.46. The molecule has 0 aliphatic carbocycles. The van der Waals surface area contributed by atoms with E-state index in [1.54, 1.807) is 33.8 Å². The molecule has 306 valence electrons. The van der Waals surface area contributed by atoms with Gasteiger partial charge < -0.3 is 43.0 Å². The maximum Gasteiger partial charge on any atom is 0.338 e. The van der Waals surface area contributed by atoms with Crippen LogP contribution in [-0.4, -0.2) is 104 Å². The summed E-state index contributed by atoms with van der Waals surface area (Å²) in [6.45, 7) is 10.6. The highest BCUT2D eigenvalue weighted by Crippen LogP contribution is 2.43. The first-order valence-electron chi connectivity index (χ1n) is 17.9. The summed E-state index contributed by atoms with van der Waals surface area (Å²) < 4.78 is 47.0. The summed E-state index contributed by atoms with van der Waals surface area (Å²) in [6.07, 6.45) is -5.57. The number of hydrogen-bond acceptors (Lipinski definition) is 18. The summed E-state index contributed by atoms with van der Waals surface area (Å²) in [5, 5.41) is 19.2. The molecule has 2 aromatic heterocycles. The fourth-order valence-corrected chi connectivity index (χ4v) is 6.60. The average Bonchev–Trinajstić information content (AvgIpc) is 3.59. The lowest BCUT2D eigenvalue weighted by Gasteiger charge is -2.44. The van der Waals surface area contributed by atoms with Crippen LogP contribution < -0.4 is 15.0 Å². The van der Waals surface area contributed by atoms with E-state index in [0.717, 1.165) is 32.4 Å². The maximum absolute atomic E-state index is 14.5. The number of phenols is 1. The summed E-state index contributed by atoms with van der Waals surface area (Å²) in [5.41, 5.74) is -0.0976. The molecule has 2 aliphatic heterocycles. The summed E-state index contributed by atoms with van der Waals surface area (Å²) in [4.78, 5) is 81.0.